The Morgan fingerprint density at radius 1 is 1.15 bits per heavy atom. The molecule has 0 bridgehead atoms. The van der Waals surface area contributed by atoms with Gasteiger partial charge in [0.1, 0.15) is 12.4 Å². The number of fused-ring (bicyclic) bond motifs is 1. The van der Waals surface area contributed by atoms with Gasteiger partial charge in [0.2, 0.25) is 5.91 Å². The fourth-order valence-corrected chi connectivity index (χ4v) is 2.84. The van der Waals surface area contributed by atoms with Gasteiger partial charge in [-0.1, -0.05) is 41.4 Å². The van der Waals surface area contributed by atoms with Crippen LogP contribution in [0.5, 0.6) is 5.75 Å². The molecule has 0 aromatic heterocycles. The van der Waals surface area contributed by atoms with Crippen LogP contribution in [0.25, 0.3) is 6.08 Å². The summed E-state index contributed by atoms with van der Waals surface area (Å²) in [7, 11) is 1.57. The molecule has 0 saturated carbocycles. The van der Waals surface area contributed by atoms with Crippen molar-refractivity contribution in [1.29, 1.82) is 0 Å². The number of rotatable bonds is 4. The number of nitrogens with one attached hydrogen (secondary N) is 1. The second kappa shape index (κ2) is 7.81. The summed E-state index contributed by atoms with van der Waals surface area (Å²) < 4.78 is 5.59. The molecule has 0 atom stereocenters. The molecule has 2 aromatic carbocycles. The molecule has 1 N–H and O–H groups in total. The largest absolute Gasteiger partial charge is 0.488 e. The minimum Gasteiger partial charge on any atom is -0.488 e. The molecule has 0 unspecified atom stereocenters. The minimum absolute atomic E-state index is 0.0991. The molecule has 0 fully saturated rings. The molecule has 1 heterocycles. The van der Waals surface area contributed by atoms with E-state index >= 15 is 0 Å². The van der Waals surface area contributed by atoms with Crippen molar-refractivity contribution in [3.63, 3.8) is 0 Å². The van der Waals surface area contributed by atoms with Crippen LogP contribution in [0.4, 0.5) is 5.69 Å². The number of nitrogens with zero attached hydrogens (tertiary/aromatic N) is 1. The monoisotopic (exact) mass is 390 g/mol. The molecule has 0 radical (unpaired) electrons. The minimum atomic E-state index is -0.336. The van der Waals surface area contributed by atoms with Crippen LogP contribution in [-0.2, 0) is 9.59 Å². The summed E-state index contributed by atoms with van der Waals surface area (Å²) in [6.45, 7) is 0.0761. The van der Waals surface area contributed by atoms with Gasteiger partial charge >= 0.3 is 0 Å². The maximum Gasteiger partial charge on any atom is 0.253 e. The first-order chi connectivity index (χ1) is 12.4. The van der Waals surface area contributed by atoms with Crippen LogP contribution in [0.2, 0.25) is 10.0 Å². The number of benzene rings is 2. The maximum atomic E-state index is 12.6. The molecule has 0 spiro atoms. The number of carbonyl (C=O) groups is 2. The average molecular weight is 391 g/mol. The summed E-state index contributed by atoms with van der Waals surface area (Å²) in [5.74, 6) is 0.143. The lowest BCUT2D eigenvalue weighted by molar-refractivity contribution is -0.130. The van der Waals surface area contributed by atoms with E-state index in [0.717, 1.165) is 11.3 Å². The molecule has 0 aliphatic carbocycles. The zero-order chi connectivity index (χ0) is 18.7. The third-order valence-electron chi connectivity index (χ3n) is 3.84. The number of halogens is 2. The molecule has 2 amide bonds. The Balaban J connectivity index is 1.63. The van der Waals surface area contributed by atoms with E-state index in [2.05, 4.69) is 5.32 Å². The fourth-order valence-electron chi connectivity index (χ4n) is 2.55. The predicted molar refractivity (Wildman–Crippen MR) is 103 cm³/mol. The molecule has 5 nitrogen and oxygen atoms in total. The molecule has 0 saturated heterocycles. The number of amides is 2. The van der Waals surface area contributed by atoms with Gasteiger partial charge in [-0.3, -0.25) is 9.59 Å². The SMILES string of the molecule is CN(CC(=O)Nc1ccc(Cl)c(Cl)c1)C(=O)C1=Cc2ccccc2OC1. The number of carbonyl (C=O) groups excluding carboxylic acids is 2. The van der Waals surface area contributed by atoms with E-state index in [1.165, 1.54) is 4.90 Å². The Morgan fingerprint density at radius 3 is 2.69 bits per heavy atom. The van der Waals surface area contributed by atoms with Gasteiger partial charge in [0.25, 0.3) is 5.91 Å². The molecule has 134 valence electrons. The van der Waals surface area contributed by atoms with Gasteiger partial charge in [0, 0.05) is 18.3 Å². The van der Waals surface area contributed by atoms with E-state index < -0.39 is 0 Å². The average Bonchev–Trinajstić information content (AvgIpc) is 2.63. The summed E-state index contributed by atoms with van der Waals surface area (Å²) in [5.41, 5.74) is 1.85. The van der Waals surface area contributed by atoms with E-state index in [9.17, 15) is 9.59 Å². The van der Waals surface area contributed by atoms with Crippen molar-refractivity contribution >= 4 is 46.8 Å². The van der Waals surface area contributed by atoms with Gasteiger partial charge in [0.05, 0.1) is 22.2 Å². The maximum absolute atomic E-state index is 12.6. The number of para-hydroxylation sites is 1. The smallest absolute Gasteiger partial charge is 0.253 e. The zero-order valence-electron chi connectivity index (χ0n) is 14.0. The van der Waals surface area contributed by atoms with Gasteiger partial charge in [-0.05, 0) is 30.3 Å². The predicted octanol–water partition coefficient (Wildman–Crippen LogP) is 3.87. The van der Waals surface area contributed by atoms with Gasteiger partial charge < -0.3 is 15.0 Å². The number of hydrogen-bond acceptors (Lipinski definition) is 3. The van der Waals surface area contributed by atoms with E-state index in [0.29, 0.717) is 21.3 Å². The molecule has 2 aromatic rings. The van der Waals surface area contributed by atoms with Crippen molar-refractivity contribution in [2.75, 3.05) is 25.5 Å². The summed E-state index contributed by atoms with van der Waals surface area (Å²) >= 11 is 11.8. The van der Waals surface area contributed by atoms with E-state index in [1.807, 2.05) is 24.3 Å². The molecule has 3 rings (SSSR count). The standard InChI is InChI=1S/C19H16Cl2N2O3/c1-23(10-18(24)22-14-6-7-15(20)16(21)9-14)19(25)13-8-12-4-2-3-5-17(12)26-11-13/h2-9H,10-11H2,1H3,(H,22,24). The number of hydrogen-bond donors (Lipinski definition) is 1. The molecule has 26 heavy (non-hydrogen) atoms. The number of likely N-dealkylation sites (N-methyl/N-ethyl adjacent to an activating group) is 1. The first kappa shape index (κ1) is 18.3. The third kappa shape index (κ3) is 4.18. The van der Waals surface area contributed by atoms with Crippen molar-refractivity contribution in [3.8, 4) is 5.75 Å². The lowest BCUT2D eigenvalue weighted by Gasteiger charge is -2.22. The van der Waals surface area contributed by atoms with Crippen LogP contribution in [0.1, 0.15) is 5.56 Å². The Morgan fingerprint density at radius 2 is 1.92 bits per heavy atom. The van der Waals surface area contributed by atoms with Crippen LogP contribution in [0.3, 0.4) is 0 Å². The summed E-state index contributed by atoms with van der Waals surface area (Å²) in [5, 5.41) is 3.44. The number of anilines is 1. The van der Waals surface area contributed by atoms with Crippen molar-refractivity contribution in [1.82, 2.24) is 4.90 Å². The van der Waals surface area contributed by atoms with E-state index in [1.54, 1.807) is 31.3 Å². The first-order valence-electron chi connectivity index (χ1n) is 7.87. The van der Waals surface area contributed by atoms with E-state index in [4.69, 9.17) is 27.9 Å². The Kier molecular flexibility index (Phi) is 5.49. The lowest BCUT2D eigenvalue weighted by atomic mass is 10.1. The van der Waals surface area contributed by atoms with Crippen LogP contribution in [-0.4, -0.2) is 36.9 Å². The summed E-state index contributed by atoms with van der Waals surface area (Å²) in [4.78, 5) is 26.1. The third-order valence-corrected chi connectivity index (χ3v) is 4.58. The molecular weight excluding hydrogens is 375 g/mol. The summed E-state index contributed by atoms with van der Waals surface area (Å²) in [6, 6.07) is 12.3. The van der Waals surface area contributed by atoms with Crippen LogP contribution >= 0.6 is 23.2 Å². The molecule has 1 aliphatic heterocycles. The van der Waals surface area contributed by atoms with E-state index in [-0.39, 0.29) is 25.0 Å². The van der Waals surface area contributed by atoms with Gasteiger partial charge in [-0.15, -0.1) is 0 Å². The van der Waals surface area contributed by atoms with Gasteiger partial charge in [-0.25, -0.2) is 0 Å². The quantitative estimate of drug-likeness (QED) is 0.861. The highest BCUT2D eigenvalue weighted by Crippen LogP contribution is 2.27. The van der Waals surface area contributed by atoms with Gasteiger partial charge in [-0.2, -0.15) is 0 Å². The normalized spacial score (nSPS) is 12.5. The molecule has 1 aliphatic rings. The zero-order valence-corrected chi connectivity index (χ0v) is 15.5. The van der Waals surface area contributed by atoms with Crippen molar-refractivity contribution in [2.45, 2.75) is 0 Å². The van der Waals surface area contributed by atoms with Crippen LogP contribution in [0, 0.1) is 0 Å². The Bertz CT molecular complexity index is 896. The lowest BCUT2D eigenvalue weighted by Crippen LogP contribution is -2.37. The van der Waals surface area contributed by atoms with Gasteiger partial charge in [0.15, 0.2) is 0 Å². The van der Waals surface area contributed by atoms with Crippen molar-refractivity contribution in [3.05, 3.63) is 63.6 Å². The van der Waals surface area contributed by atoms with Crippen LogP contribution in [0.15, 0.2) is 48.0 Å². The molecular formula is C19H16Cl2N2O3. The second-order valence-electron chi connectivity index (χ2n) is 5.83. The molecule has 7 heteroatoms. The Labute approximate surface area is 161 Å². The summed E-state index contributed by atoms with van der Waals surface area (Å²) in [6.07, 6.45) is 1.79. The highest BCUT2D eigenvalue weighted by atomic mass is 35.5. The highest BCUT2D eigenvalue weighted by molar-refractivity contribution is 6.42. The topological polar surface area (TPSA) is 58.6 Å². The second-order valence-corrected chi connectivity index (χ2v) is 6.65. The van der Waals surface area contributed by atoms with Crippen LogP contribution < -0.4 is 10.1 Å². The van der Waals surface area contributed by atoms with Crippen molar-refractivity contribution < 1.29 is 14.3 Å². The fraction of sp³-hybridized carbons (Fsp3) is 0.158. The number of ether oxygens (including phenoxy) is 1. The Hall–Kier alpha value is -2.50. The first-order valence-corrected chi connectivity index (χ1v) is 8.62. The highest BCUT2D eigenvalue weighted by Gasteiger charge is 2.21. The van der Waals surface area contributed by atoms with Crippen molar-refractivity contribution in [2.24, 2.45) is 0 Å².